The van der Waals surface area contributed by atoms with Gasteiger partial charge in [0.25, 0.3) is 5.69 Å². The van der Waals surface area contributed by atoms with Crippen LogP contribution in [0.15, 0.2) is 81.1 Å². The van der Waals surface area contributed by atoms with Crippen LogP contribution in [-0.4, -0.2) is 28.3 Å². The van der Waals surface area contributed by atoms with E-state index in [9.17, 15) is 26.9 Å². The summed E-state index contributed by atoms with van der Waals surface area (Å²) in [6.45, 7) is 1.34. The van der Waals surface area contributed by atoms with Crippen LogP contribution in [0, 0.1) is 17.0 Å². The topological polar surface area (TPSA) is 137 Å². The lowest BCUT2D eigenvalue weighted by atomic mass is 10.2. The molecule has 11 heteroatoms. The van der Waals surface area contributed by atoms with Gasteiger partial charge in [-0.15, -0.1) is 0 Å². The largest absolute Gasteiger partial charge is 0.468 e. The van der Waals surface area contributed by atoms with Crippen LogP contribution in [0.3, 0.4) is 0 Å². The lowest BCUT2D eigenvalue weighted by molar-refractivity contribution is -0.384. The Morgan fingerprint density at radius 3 is 2.10 bits per heavy atom. The summed E-state index contributed by atoms with van der Waals surface area (Å²) in [6.07, 6.45) is 1.30. The van der Waals surface area contributed by atoms with Gasteiger partial charge in [-0.05, 0) is 43.3 Å². The lowest BCUT2D eigenvalue weighted by Crippen LogP contribution is -2.31. The smallest absolute Gasteiger partial charge is 0.269 e. The first-order valence-electron chi connectivity index (χ1n) is 8.69. The third-order valence-corrected chi connectivity index (χ3v) is 7.92. The Hall–Kier alpha value is -3.02. The van der Waals surface area contributed by atoms with E-state index in [0.29, 0.717) is 0 Å². The summed E-state index contributed by atoms with van der Waals surface area (Å²) in [5.74, 6) is 0.0852. The fraction of sp³-hybridized carbons (Fsp3) is 0.158. The number of nitrogens with one attached hydrogen (secondary N) is 1. The number of sulfonamides is 1. The lowest BCUT2D eigenvalue weighted by Gasteiger charge is -2.17. The van der Waals surface area contributed by atoms with Crippen molar-refractivity contribution >= 4 is 25.5 Å². The molecule has 3 rings (SSSR count). The number of furan rings is 1. The molecule has 1 unspecified atom stereocenters. The number of rotatable bonds is 8. The van der Waals surface area contributed by atoms with Crippen LogP contribution >= 0.6 is 0 Å². The summed E-state index contributed by atoms with van der Waals surface area (Å²) in [6, 6.07) is 13.4. The monoisotopic (exact) mass is 450 g/mol. The van der Waals surface area contributed by atoms with Gasteiger partial charge in [0, 0.05) is 18.7 Å². The molecular formula is C19H18N2O7S2. The molecule has 0 aliphatic rings. The van der Waals surface area contributed by atoms with Gasteiger partial charge in [-0.2, -0.15) is 0 Å². The molecular weight excluding hydrogens is 432 g/mol. The van der Waals surface area contributed by atoms with E-state index in [2.05, 4.69) is 4.72 Å². The Labute approximate surface area is 173 Å². The SMILES string of the molecule is Cc1ccc(S(=O)(=O)C(CNS(=O)(=O)c2ccc([N+](=O)[O-])cc2)c2ccco2)cc1. The maximum Gasteiger partial charge on any atom is 0.269 e. The predicted octanol–water partition coefficient (Wildman–Crippen LogP) is 2.99. The molecule has 1 aromatic heterocycles. The normalized spacial score (nSPS) is 13.1. The molecule has 1 heterocycles. The van der Waals surface area contributed by atoms with E-state index in [1.165, 1.54) is 30.5 Å². The second kappa shape index (κ2) is 8.38. The molecule has 158 valence electrons. The molecule has 2 aromatic carbocycles. The number of hydrogen-bond acceptors (Lipinski definition) is 7. The van der Waals surface area contributed by atoms with Crippen molar-refractivity contribution in [1.82, 2.24) is 4.72 Å². The van der Waals surface area contributed by atoms with Crippen molar-refractivity contribution in [1.29, 1.82) is 0 Å². The van der Waals surface area contributed by atoms with Crippen molar-refractivity contribution in [3.8, 4) is 0 Å². The zero-order valence-corrected chi connectivity index (χ0v) is 17.4. The number of aryl methyl sites for hydroxylation is 1. The molecule has 0 spiro atoms. The zero-order chi connectivity index (χ0) is 21.9. The predicted molar refractivity (Wildman–Crippen MR) is 108 cm³/mol. The first kappa shape index (κ1) is 21.7. The summed E-state index contributed by atoms with van der Waals surface area (Å²) < 4.78 is 59.0. The van der Waals surface area contributed by atoms with Crippen LogP contribution in [-0.2, 0) is 19.9 Å². The summed E-state index contributed by atoms with van der Waals surface area (Å²) >= 11 is 0. The van der Waals surface area contributed by atoms with E-state index >= 15 is 0 Å². The molecule has 3 aromatic rings. The highest BCUT2D eigenvalue weighted by Gasteiger charge is 2.33. The van der Waals surface area contributed by atoms with Crippen LogP contribution < -0.4 is 4.72 Å². The number of benzene rings is 2. The first-order chi connectivity index (χ1) is 14.1. The van der Waals surface area contributed by atoms with Crippen molar-refractivity contribution in [2.75, 3.05) is 6.54 Å². The average molecular weight is 450 g/mol. The Morgan fingerprint density at radius 1 is 0.967 bits per heavy atom. The molecule has 0 saturated carbocycles. The molecule has 0 amide bonds. The van der Waals surface area contributed by atoms with E-state index in [-0.39, 0.29) is 21.2 Å². The number of nitrogens with zero attached hydrogens (tertiary/aromatic N) is 1. The van der Waals surface area contributed by atoms with Crippen LogP contribution in [0.25, 0.3) is 0 Å². The number of sulfone groups is 1. The quantitative estimate of drug-likeness (QED) is 0.411. The fourth-order valence-electron chi connectivity index (χ4n) is 2.75. The van der Waals surface area contributed by atoms with Gasteiger partial charge in [0.2, 0.25) is 10.0 Å². The van der Waals surface area contributed by atoms with E-state index in [1.807, 2.05) is 6.92 Å². The maximum atomic E-state index is 13.1. The van der Waals surface area contributed by atoms with E-state index in [4.69, 9.17) is 4.42 Å². The molecule has 0 radical (unpaired) electrons. The summed E-state index contributed by atoms with van der Waals surface area (Å²) in [5, 5.41) is 9.44. The summed E-state index contributed by atoms with van der Waals surface area (Å²) in [5.41, 5.74) is 0.617. The Bertz CT molecular complexity index is 1230. The fourth-order valence-corrected chi connectivity index (χ4v) is 5.48. The molecule has 9 nitrogen and oxygen atoms in total. The third kappa shape index (κ3) is 4.58. The Kier molecular flexibility index (Phi) is 6.06. The summed E-state index contributed by atoms with van der Waals surface area (Å²) in [4.78, 5) is 9.90. The third-order valence-electron chi connectivity index (χ3n) is 4.40. The van der Waals surface area contributed by atoms with Gasteiger partial charge in [0.1, 0.15) is 11.0 Å². The second-order valence-corrected chi connectivity index (χ2v) is 10.4. The zero-order valence-electron chi connectivity index (χ0n) is 15.8. The van der Waals surface area contributed by atoms with Gasteiger partial charge in [-0.3, -0.25) is 10.1 Å². The summed E-state index contributed by atoms with van der Waals surface area (Å²) in [7, 11) is -8.09. The van der Waals surface area contributed by atoms with E-state index < -0.39 is 36.6 Å². The molecule has 0 aliphatic heterocycles. The molecule has 1 N–H and O–H groups in total. The number of nitro benzene ring substituents is 1. The van der Waals surface area contributed by atoms with Crippen LogP contribution in [0.1, 0.15) is 16.6 Å². The molecule has 0 saturated heterocycles. The second-order valence-electron chi connectivity index (χ2n) is 6.47. The average Bonchev–Trinajstić information content (AvgIpc) is 3.22. The Morgan fingerprint density at radius 2 is 1.57 bits per heavy atom. The van der Waals surface area contributed by atoms with Crippen LogP contribution in [0.2, 0.25) is 0 Å². The van der Waals surface area contributed by atoms with Gasteiger partial charge in [-0.1, -0.05) is 17.7 Å². The van der Waals surface area contributed by atoms with Crippen LogP contribution in [0.5, 0.6) is 0 Å². The highest BCUT2D eigenvalue weighted by Crippen LogP contribution is 2.29. The standard InChI is InChI=1S/C19H18N2O7S2/c1-14-4-8-16(9-5-14)29(24,25)19(18-3-2-12-28-18)13-20-30(26,27)17-10-6-15(7-11-17)21(22)23/h2-12,19-20H,13H2,1H3. The minimum atomic E-state index is -4.12. The molecule has 1 atom stereocenters. The highest BCUT2D eigenvalue weighted by molar-refractivity contribution is 7.92. The van der Waals surface area contributed by atoms with Crippen molar-refractivity contribution in [2.45, 2.75) is 22.0 Å². The van der Waals surface area contributed by atoms with Gasteiger partial charge < -0.3 is 4.42 Å². The Balaban J connectivity index is 1.89. The van der Waals surface area contributed by atoms with Gasteiger partial charge in [0.15, 0.2) is 9.84 Å². The van der Waals surface area contributed by atoms with Crippen molar-refractivity contribution in [2.24, 2.45) is 0 Å². The van der Waals surface area contributed by atoms with Gasteiger partial charge >= 0.3 is 0 Å². The molecule has 30 heavy (non-hydrogen) atoms. The number of hydrogen-bond donors (Lipinski definition) is 1. The van der Waals surface area contributed by atoms with Gasteiger partial charge in [-0.25, -0.2) is 21.6 Å². The first-order valence-corrected chi connectivity index (χ1v) is 11.7. The molecule has 0 fully saturated rings. The maximum absolute atomic E-state index is 13.1. The number of non-ortho nitro benzene ring substituents is 1. The van der Waals surface area contributed by atoms with Gasteiger partial charge in [0.05, 0.1) is 21.0 Å². The minimum absolute atomic E-state index is 0.0315. The van der Waals surface area contributed by atoms with E-state index in [1.54, 1.807) is 12.1 Å². The van der Waals surface area contributed by atoms with Crippen molar-refractivity contribution in [3.63, 3.8) is 0 Å². The molecule has 0 aliphatic carbocycles. The van der Waals surface area contributed by atoms with Crippen LogP contribution in [0.4, 0.5) is 5.69 Å². The van der Waals surface area contributed by atoms with Crippen molar-refractivity contribution < 1.29 is 26.2 Å². The van der Waals surface area contributed by atoms with E-state index in [0.717, 1.165) is 29.8 Å². The van der Waals surface area contributed by atoms with Crippen molar-refractivity contribution in [3.05, 3.63) is 88.4 Å². The highest BCUT2D eigenvalue weighted by atomic mass is 32.2. The number of nitro groups is 1. The molecule has 0 bridgehead atoms. The minimum Gasteiger partial charge on any atom is -0.468 e.